The smallest absolute Gasteiger partial charge is 0.0732 e. The molecule has 3 heterocycles. The van der Waals surface area contributed by atoms with E-state index in [0.29, 0.717) is 0 Å². The number of nitrogens with zero attached hydrogens (tertiary/aromatic N) is 2. The summed E-state index contributed by atoms with van der Waals surface area (Å²) in [5.74, 6) is 0. The minimum absolute atomic E-state index is 0. The molecule has 0 atom stereocenters. The van der Waals surface area contributed by atoms with E-state index >= 15 is 0 Å². The van der Waals surface area contributed by atoms with Gasteiger partial charge in [0, 0.05) is 32.9 Å². The molecule has 0 aliphatic carbocycles. The SMILES string of the molecule is Cl.c1ccc2nc3ccc4c(c3cc2c1)Nc1ccc2cc3ccc(cc3nc2c1)N4. The van der Waals surface area contributed by atoms with E-state index in [9.17, 15) is 0 Å². The number of para-hydroxylation sites is 1. The summed E-state index contributed by atoms with van der Waals surface area (Å²) in [5, 5.41) is 11.7. The summed E-state index contributed by atoms with van der Waals surface area (Å²) in [6, 6.07) is 29.5. The van der Waals surface area contributed by atoms with Crippen LogP contribution in [0.25, 0.3) is 43.6 Å². The molecule has 2 N–H and O–H groups in total. The molecule has 5 heteroatoms. The molecule has 31 heavy (non-hydrogen) atoms. The standard InChI is InChI=1S/C26H16N4.ClH/c1-2-4-21-15(3-1)12-20-22(29-21)9-10-23-26(20)28-19-8-6-17-11-16-5-7-18(27-23)13-24(16)30-25(17)14-19;/h1-14,27-28H;1H. The highest BCUT2D eigenvalue weighted by Crippen LogP contribution is 2.38. The van der Waals surface area contributed by atoms with Gasteiger partial charge in [-0.15, -0.1) is 12.4 Å². The minimum atomic E-state index is 0. The van der Waals surface area contributed by atoms with Crippen molar-refractivity contribution in [2.45, 2.75) is 0 Å². The average molecular weight is 421 g/mol. The molecule has 1 aliphatic heterocycles. The zero-order valence-corrected chi connectivity index (χ0v) is 17.2. The van der Waals surface area contributed by atoms with Gasteiger partial charge in [0.2, 0.25) is 0 Å². The van der Waals surface area contributed by atoms with Gasteiger partial charge in [0.05, 0.1) is 33.4 Å². The van der Waals surface area contributed by atoms with Gasteiger partial charge in [-0.3, -0.25) is 0 Å². The summed E-state index contributed by atoms with van der Waals surface area (Å²) in [6.07, 6.45) is 0. The first-order chi connectivity index (χ1) is 14.8. The van der Waals surface area contributed by atoms with E-state index in [1.165, 1.54) is 0 Å². The topological polar surface area (TPSA) is 49.8 Å². The van der Waals surface area contributed by atoms with Gasteiger partial charge in [-0.25, -0.2) is 9.97 Å². The van der Waals surface area contributed by atoms with Crippen LogP contribution in [0.5, 0.6) is 0 Å². The third-order valence-corrected chi connectivity index (χ3v) is 5.86. The summed E-state index contributed by atoms with van der Waals surface area (Å²) < 4.78 is 0. The lowest BCUT2D eigenvalue weighted by atomic mass is 10.1. The van der Waals surface area contributed by atoms with Crippen molar-refractivity contribution < 1.29 is 0 Å². The summed E-state index contributed by atoms with van der Waals surface area (Å²) >= 11 is 0. The number of hydrogen-bond donors (Lipinski definition) is 2. The highest BCUT2D eigenvalue weighted by molar-refractivity contribution is 6.06. The Bertz CT molecular complexity index is 1660. The fourth-order valence-corrected chi connectivity index (χ4v) is 4.37. The molecule has 0 fully saturated rings. The van der Waals surface area contributed by atoms with Crippen molar-refractivity contribution in [2.24, 2.45) is 0 Å². The molecule has 7 rings (SSSR count). The molecule has 4 nitrogen and oxygen atoms in total. The van der Waals surface area contributed by atoms with E-state index in [2.05, 4.69) is 89.5 Å². The maximum Gasteiger partial charge on any atom is 0.0732 e. The lowest BCUT2D eigenvalue weighted by molar-refractivity contribution is 1.48. The van der Waals surface area contributed by atoms with Crippen LogP contribution in [0.2, 0.25) is 0 Å². The van der Waals surface area contributed by atoms with Crippen LogP contribution in [-0.2, 0) is 0 Å². The Morgan fingerprint density at radius 3 is 2.00 bits per heavy atom. The molecule has 148 valence electrons. The van der Waals surface area contributed by atoms with Crippen LogP contribution >= 0.6 is 12.4 Å². The second-order valence-corrected chi connectivity index (χ2v) is 7.79. The first kappa shape index (κ1) is 17.9. The third-order valence-electron chi connectivity index (χ3n) is 5.86. The lowest BCUT2D eigenvalue weighted by Crippen LogP contribution is -1.99. The number of aromatic nitrogens is 2. The first-order valence-corrected chi connectivity index (χ1v) is 10.0. The van der Waals surface area contributed by atoms with E-state index in [0.717, 1.165) is 66.4 Å². The highest BCUT2D eigenvalue weighted by Gasteiger charge is 2.13. The number of benzene rings is 4. The molecule has 2 aromatic heterocycles. The van der Waals surface area contributed by atoms with Gasteiger partial charge in [0.15, 0.2) is 0 Å². The predicted molar refractivity (Wildman–Crippen MR) is 132 cm³/mol. The van der Waals surface area contributed by atoms with Gasteiger partial charge in [0.1, 0.15) is 0 Å². The van der Waals surface area contributed by atoms with Crippen molar-refractivity contribution in [3.8, 4) is 0 Å². The fraction of sp³-hybridized carbons (Fsp3) is 0. The van der Waals surface area contributed by atoms with E-state index in [4.69, 9.17) is 9.97 Å². The van der Waals surface area contributed by atoms with E-state index in [1.54, 1.807) is 0 Å². The highest BCUT2D eigenvalue weighted by atomic mass is 35.5. The Balaban J connectivity index is 0.00000185. The van der Waals surface area contributed by atoms with Crippen LogP contribution in [0, 0.1) is 0 Å². The molecule has 0 amide bonds. The summed E-state index contributed by atoms with van der Waals surface area (Å²) in [5.41, 5.74) is 7.98. The van der Waals surface area contributed by atoms with Crippen LogP contribution in [0.4, 0.5) is 22.7 Å². The van der Waals surface area contributed by atoms with Crippen LogP contribution in [0.15, 0.2) is 84.9 Å². The Kier molecular flexibility index (Phi) is 3.79. The third kappa shape index (κ3) is 2.76. The molecule has 0 saturated heterocycles. The number of anilines is 4. The molecule has 6 aromatic rings. The number of pyridine rings is 2. The van der Waals surface area contributed by atoms with Gasteiger partial charge >= 0.3 is 0 Å². The fourth-order valence-electron chi connectivity index (χ4n) is 4.37. The van der Waals surface area contributed by atoms with Gasteiger partial charge in [-0.05, 0) is 54.6 Å². The van der Waals surface area contributed by atoms with Crippen LogP contribution < -0.4 is 10.6 Å². The molecule has 4 bridgehead atoms. The monoisotopic (exact) mass is 420 g/mol. The zero-order chi connectivity index (χ0) is 19.7. The van der Waals surface area contributed by atoms with Gasteiger partial charge in [-0.1, -0.05) is 30.3 Å². The summed E-state index contributed by atoms with van der Waals surface area (Å²) in [7, 11) is 0. The number of nitrogens with one attached hydrogen (secondary N) is 2. The second kappa shape index (κ2) is 6.56. The van der Waals surface area contributed by atoms with Crippen LogP contribution in [0.1, 0.15) is 0 Å². The lowest BCUT2D eigenvalue weighted by Gasteiger charge is -2.17. The Hall–Kier alpha value is -3.89. The average Bonchev–Trinajstić information content (AvgIpc) is 2.79. The van der Waals surface area contributed by atoms with Crippen LogP contribution in [0.3, 0.4) is 0 Å². The number of hydrogen-bond acceptors (Lipinski definition) is 4. The van der Waals surface area contributed by atoms with Crippen LogP contribution in [-0.4, -0.2) is 9.97 Å². The minimum Gasteiger partial charge on any atom is -0.354 e. The molecule has 0 unspecified atom stereocenters. The first-order valence-electron chi connectivity index (χ1n) is 10.0. The van der Waals surface area contributed by atoms with E-state index in [1.807, 2.05) is 6.07 Å². The van der Waals surface area contributed by atoms with Crippen molar-refractivity contribution in [3.05, 3.63) is 84.9 Å². The molecular weight excluding hydrogens is 404 g/mol. The summed E-state index contributed by atoms with van der Waals surface area (Å²) in [6.45, 7) is 0. The molecule has 1 aliphatic rings. The predicted octanol–water partition coefficient (Wildman–Crippen LogP) is 7.31. The van der Waals surface area contributed by atoms with Crippen molar-refractivity contribution in [1.82, 2.24) is 9.97 Å². The Morgan fingerprint density at radius 2 is 1.19 bits per heavy atom. The van der Waals surface area contributed by atoms with Crippen molar-refractivity contribution in [1.29, 1.82) is 0 Å². The normalized spacial score (nSPS) is 12.1. The molecule has 0 saturated carbocycles. The molecular formula is C26H17ClN4. The van der Waals surface area contributed by atoms with Gasteiger partial charge in [-0.2, -0.15) is 0 Å². The summed E-state index contributed by atoms with van der Waals surface area (Å²) in [4.78, 5) is 9.78. The van der Waals surface area contributed by atoms with Gasteiger partial charge < -0.3 is 10.6 Å². The largest absolute Gasteiger partial charge is 0.354 e. The number of fused-ring (bicyclic) bond motifs is 6. The maximum absolute atomic E-state index is 4.90. The molecule has 4 aromatic carbocycles. The number of rotatable bonds is 0. The van der Waals surface area contributed by atoms with Gasteiger partial charge in [0.25, 0.3) is 0 Å². The van der Waals surface area contributed by atoms with Crippen molar-refractivity contribution >= 4 is 78.8 Å². The quantitative estimate of drug-likeness (QED) is 0.252. The zero-order valence-electron chi connectivity index (χ0n) is 16.4. The Labute approximate surface area is 184 Å². The molecule has 0 spiro atoms. The molecule has 0 radical (unpaired) electrons. The maximum atomic E-state index is 4.90. The van der Waals surface area contributed by atoms with E-state index < -0.39 is 0 Å². The number of halogens is 1. The second-order valence-electron chi connectivity index (χ2n) is 7.79. The van der Waals surface area contributed by atoms with Crippen molar-refractivity contribution in [3.63, 3.8) is 0 Å². The Morgan fingerprint density at radius 1 is 0.516 bits per heavy atom. The van der Waals surface area contributed by atoms with Crippen molar-refractivity contribution in [2.75, 3.05) is 10.6 Å². The van der Waals surface area contributed by atoms with E-state index in [-0.39, 0.29) is 12.4 Å².